The number of hydrogen-bond acceptors (Lipinski definition) is 8. The molecule has 27 heavy (non-hydrogen) atoms. The molecule has 0 saturated heterocycles. The first-order valence-corrected chi connectivity index (χ1v) is 8.94. The van der Waals surface area contributed by atoms with E-state index >= 15 is 0 Å². The Balaban J connectivity index is 2.16. The molecule has 0 aliphatic carbocycles. The molecular weight excluding hydrogens is 348 g/mol. The molecule has 2 atom stereocenters. The molecule has 0 aliphatic rings. The highest BCUT2D eigenvalue weighted by atomic mass is 16.5. The number of esters is 1. The number of pyridine rings is 1. The van der Waals surface area contributed by atoms with Crippen molar-refractivity contribution in [2.45, 2.75) is 45.9 Å². The molecule has 0 spiro atoms. The quantitative estimate of drug-likeness (QED) is 0.617. The van der Waals surface area contributed by atoms with E-state index in [4.69, 9.17) is 14.0 Å². The zero-order valence-corrected chi connectivity index (χ0v) is 16.8. The SMILES string of the molecule is COC(=O)[C@](C)(c1ccccn1)N(C)Cc1nc([C@@H](C)OCC(C)C)no1. The van der Waals surface area contributed by atoms with Crippen LogP contribution >= 0.6 is 0 Å². The molecule has 2 aromatic heterocycles. The van der Waals surface area contributed by atoms with Crippen molar-refractivity contribution < 1.29 is 18.8 Å². The number of ether oxygens (including phenoxy) is 2. The van der Waals surface area contributed by atoms with E-state index in [0.717, 1.165) is 0 Å². The second-order valence-electron chi connectivity index (χ2n) is 7.05. The summed E-state index contributed by atoms with van der Waals surface area (Å²) >= 11 is 0. The zero-order chi connectivity index (χ0) is 20.0. The van der Waals surface area contributed by atoms with Crippen LogP contribution in [0.4, 0.5) is 0 Å². The molecule has 148 valence electrons. The first kappa shape index (κ1) is 21.0. The Bertz CT molecular complexity index is 734. The van der Waals surface area contributed by atoms with Gasteiger partial charge in [-0.25, -0.2) is 4.79 Å². The lowest BCUT2D eigenvalue weighted by atomic mass is 9.95. The van der Waals surface area contributed by atoms with Crippen LogP contribution in [0, 0.1) is 5.92 Å². The van der Waals surface area contributed by atoms with Crippen LogP contribution in [-0.4, -0.2) is 46.8 Å². The lowest BCUT2D eigenvalue weighted by molar-refractivity contribution is -0.155. The molecule has 0 bridgehead atoms. The van der Waals surface area contributed by atoms with Crippen molar-refractivity contribution in [2.24, 2.45) is 5.92 Å². The Morgan fingerprint density at radius 2 is 2.07 bits per heavy atom. The van der Waals surface area contributed by atoms with Crippen molar-refractivity contribution in [2.75, 3.05) is 20.8 Å². The van der Waals surface area contributed by atoms with Gasteiger partial charge in [-0.05, 0) is 38.9 Å². The molecule has 2 heterocycles. The summed E-state index contributed by atoms with van der Waals surface area (Å²) in [6, 6.07) is 5.41. The Labute approximate surface area is 159 Å². The van der Waals surface area contributed by atoms with Gasteiger partial charge in [0.15, 0.2) is 11.4 Å². The molecule has 0 fully saturated rings. The Kier molecular flexibility index (Phi) is 7.04. The summed E-state index contributed by atoms with van der Waals surface area (Å²) < 4.78 is 16.1. The molecule has 8 nitrogen and oxygen atoms in total. The minimum atomic E-state index is -1.09. The summed E-state index contributed by atoms with van der Waals surface area (Å²) in [5.41, 5.74) is -0.516. The van der Waals surface area contributed by atoms with Crippen LogP contribution in [0.2, 0.25) is 0 Å². The van der Waals surface area contributed by atoms with Crippen molar-refractivity contribution in [1.82, 2.24) is 20.0 Å². The third kappa shape index (κ3) is 4.90. The number of carbonyl (C=O) groups excluding carboxylic acids is 1. The molecule has 0 aromatic carbocycles. The Hall–Kier alpha value is -2.32. The maximum atomic E-state index is 12.5. The van der Waals surface area contributed by atoms with Gasteiger partial charge in [-0.2, -0.15) is 4.98 Å². The molecule has 0 amide bonds. The van der Waals surface area contributed by atoms with E-state index in [0.29, 0.717) is 29.9 Å². The third-order valence-electron chi connectivity index (χ3n) is 4.41. The van der Waals surface area contributed by atoms with Gasteiger partial charge in [0.1, 0.15) is 6.10 Å². The van der Waals surface area contributed by atoms with E-state index in [1.54, 1.807) is 37.2 Å². The van der Waals surface area contributed by atoms with Gasteiger partial charge in [0, 0.05) is 12.8 Å². The molecule has 8 heteroatoms. The second-order valence-corrected chi connectivity index (χ2v) is 7.05. The summed E-state index contributed by atoms with van der Waals surface area (Å²) in [5, 5.41) is 4.00. The molecule has 0 radical (unpaired) electrons. The van der Waals surface area contributed by atoms with Crippen molar-refractivity contribution in [3.63, 3.8) is 0 Å². The summed E-state index contributed by atoms with van der Waals surface area (Å²) in [6.45, 7) is 8.67. The van der Waals surface area contributed by atoms with Gasteiger partial charge in [0.25, 0.3) is 0 Å². The standard InChI is InChI=1S/C19H28N4O4/c1-13(2)12-26-14(3)17-21-16(27-22-17)11-23(5)19(4,18(24)25-6)15-9-7-8-10-20-15/h7-10,13-14H,11-12H2,1-6H3/t14-,19+/m1/s1. The normalized spacial score (nSPS) is 15.0. The van der Waals surface area contributed by atoms with Crippen LogP contribution in [-0.2, 0) is 26.4 Å². The molecule has 0 unspecified atom stereocenters. The first-order valence-electron chi connectivity index (χ1n) is 8.94. The van der Waals surface area contributed by atoms with E-state index in [2.05, 4.69) is 29.0 Å². The zero-order valence-electron chi connectivity index (χ0n) is 16.8. The number of likely N-dealkylation sites (N-methyl/N-ethyl adjacent to an activating group) is 1. The fourth-order valence-electron chi connectivity index (χ4n) is 2.58. The highest BCUT2D eigenvalue weighted by Gasteiger charge is 2.42. The van der Waals surface area contributed by atoms with Crippen molar-refractivity contribution in [3.05, 3.63) is 41.8 Å². The van der Waals surface area contributed by atoms with Gasteiger partial charge in [-0.1, -0.05) is 25.1 Å². The molecule has 0 saturated carbocycles. The van der Waals surface area contributed by atoms with Crippen LogP contribution in [0.5, 0.6) is 0 Å². The Morgan fingerprint density at radius 3 is 2.67 bits per heavy atom. The fraction of sp³-hybridized carbons (Fsp3) is 0.579. The maximum absolute atomic E-state index is 12.5. The lowest BCUT2D eigenvalue weighted by Gasteiger charge is -2.34. The van der Waals surface area contributed by atoms with Gasteiger partial charge < -0.3 is 14.0 Å². The van der Waals surface area contributed by atoms with E-state index in [1.807, 2.05) is 13.0 Å². The summed E-state index contributed by atoms with van der Waals surface area (Å²) in [4.78, 5) is 23.0. The van der Waals surface area contributed by atoms with E-state index in [-0.39, 0.29) is 12.6 Å². The summed E-state index contributed by atoms with van der Waals surface area (Å²) in [5.74, 6) is 0.872. The number of methoxy groups -OCH3 is 1. The topological polar surface area (TPSA) is 90.6 Å². The second kappa shape index (κ2) is 9.05. The predicted molar refractivity (Wildman–Crippen MR) is 98.6 cm³/mol. The van der Waals surface area contributed by atoms with Crippen molar-refractivity contribution in [1.29, 1.82) is 0 Å². The van der Waals surface area contributed by atoms with Crippen molar-refractivity contribution in [3.8, 4) is 0 Å². The number of nitrogens with zero attached hydrogens (tertiary/aromatic N) is 4. The summed E-state index contributed by atoms with van der Waals surface area (Å²) in [7, 11) is 3.14. The average Bonchev–Trinajstić information content (AvgIpc) is 3.13. The van der Waals surface area contributed by atoms with Gasteiger partial charge in [-0.3, -0.25) is 9.88 Å². The van der Waals surface area contributed by atoms with Crippen LogP contribution in [0.3, 0.4) is 0 Å². The first-order chi connectivity index (χ1) is 12.8. The number of rotatable bonds is 9. The largest absolute Gasteiger partial charge is 0.467 e. The third-order valence-corrected chi connectivity index (χ3v) is 4.41. The van der Waals surface area contributed by atoms with Crippen LogP contribution in [0.15, 0.2) is 28.9 Å². The minimum absolute atomic E-state index is 0.256. The monoisotopic (exact) mass is 376 g/mol. The number of hydrogen-bond donors (Lipinski definition) is 0. The Morgan fingerprint density at radius 1 is 1.33 bits per heavy atom. The van der Waals surface area contributed by atoms with E-state index in [1.165, 1.54) is 7.11 Å². The fourth-order valence-corrected chi connectivity index (χ4v) is 2.58. The van der Waals surface area contributed by atoms with Crippen LogP contribution in [0.25, 0.3) is 0 Å². The molecule has 2 aromatic rings. The van der Waals surface area contributed by atoms with Crippen molar-refractivity contribution >= 4 is 5.97 Å². The van der Waals surface area contributed by atoms with Gasteiger partial charge in [0.2, 0.25) is 5.89 Å². The van der Waals surface area contributed by atoms with E-state index in [9.17, 15) is 4.79 Å². The molecule has 0 N–H and O–H groups in total. The average molecular weight is 376 g/mol. The number of aromatic nitrogens is 3. The lowest BCUT2D eigenvalue weighted by Crippen LogP contribution is -2.48. The van der Waals surface area contributed by atoms with Crippen LogP contribution < -0.4 is 0 Å². The molecule has 2 rings (SSSR count). The molecular formula is C19H28N4O4. The van der Waals surface area contributed by atoms with Crippen LogP contribution in [0.1, 0.15) is 51.2 Å². The predicted octanol–water partition coefficient (Wildman–Crippen LogP) is 2.72. The van der Waals surface area contributed by atoms with Gasteiger partial charge in [0.05, 0.1) is 19.3 Å². The van der Waals surface area contributed by atoms with Gasteiger partial charge in [-0.15, -0.1) is 0 Å². The number of carbonyl (C=O) groups is 1. The maximum Gasteiger partial charge on any atom is 0.332 e. The molecule has 0 aliphatic heterocycles. The summed E-state index contributed by atoms with van der Waals surface area (Å²) in [6.07, 6.45) is 1.38. The minimum Gasteiger partial charge on any atom is -0.467 e. The van der Waals surface area contributed by atoms with Gasteiger partial charge >= 0.3 is 5.97 Å². The van der Waals surface area contributed by atoms with E-state index < -0.39 is 11.5 Å². The highest BCUT2D eigenvalue weighted by Crippen LogP contribution is 2.28. The smallest absolute Gasteiger partial charge is 0.332 e. The highest BCUT2D eigenvalue weighted by molar-refractivity contribution is 5.81.